The fourth-order valence-corrected chi connectivity index (χ4v) is 9.44. The molecule has 15 heteroatoms. The van der Waals surface area contributed by atoms with E-state index in [-0.39, 0.29) is 59.8 Å². The van der Waals surface area contributed by atoms with Crippen LogP contribution in [0.3, 0.4) is 0 Å². The van der Waals surface area contributed by atoms with Gasteiger partial charge in [0.05, 0.1) is 31.1 Å². The molecule has 0 spiro atoms. The van der Waals surface area contributed by atoms with Gasteiger partial charge in [0.1, 0.15) is 58.4 Å². The summed E-state index contributed by atoms with van der Waals surface area (Å²) in [6.45, 7) is 2.59. The Morgan fingerprint density at radius 3 is 1.31 bits per heavy atom. The highest BCUT2D eigenvalue weighted by Crippen LogP contribution is 2.35. The van der Waals surface area contributed by atoms with Crippen molar-refractivity contribution in [2.75, 3.05) is 19.8 Å². The Morgan fingerprint density at radius 1 is 0.458 bits per heavy atom. The second-order valence-corrected chi connectivity index (χ2v) is 18.7. The van der Waals surface area contributed by atoms with Gasteiger partial charge >= 0.3 is 0 Å². The summed E-state index contributed by atoms with van der Waals surface area (Å²) in [7, 11) is -11.7. The molecule has 6 aromatic carbocycles. The molecule has 0 aliphatic rings. The molecular weight excluding hydrogens is 817 g/mol. The molecule has 0 unspecified atom stereocenters. The van der Waals surface area contributed by atoms with Gasteiger partial charge in [0.25, 0.3) is 0 Å². The van der Waals surface area contributed by atoms with Crippen molar-refractivity contribution in [3.8, 4) is 40.2 Å². The van der Waals surface area contributed by atoms with E-state index >= 15 is 0 Å². The van der Waals surface area contributed by atoms with E-state index in [1.165, 1.54) is 133 Å². The maximum absolute atomic E-state index is 13.9. The van der Waals surface area contributed by atoms with Crippen molar-refractivity contribution < 1.29 is 54.4 Å². The van der Waals surface area contributed by atoms with Crippen molar-refractivity contribution >= 4 is 29.5 Å². The monoisotopic (exact) mass is 856 g/mol. The first-order chi connectivity index (χ1) is 28.3. The smallest absolute Gasteiger partial charge is 0.210 e. The Morgan fingerprint density at radius 2 is 0.847 bits per heavy atom. The number of sulfone groups is 3. The summed E-state index contributed by atoms with van der Waals surface area (Å²) in [6, 6.07) is 32.5. The molecule has 306 valence electrons. The molecule has 0 radical (unpaired) electrons. The number of benzene rings is 6. The van der Waals surface area contributed by atoms with Crippen LogP contribution in [-0.4, -0.2) is 55.3 Å². The fourth-order valence-electron chi connectivity index (χ4n) is 5.54. The van der Waals surface area contributed by atoms with Gasteiger partial charge in [0.15, 0.2) is 0 Å². The van der Waals surface area contributed by atoms with Crippen LogP contribution in [0.25, 0.3) is 0 Å². The zero-order valence-electron chi connectivity index (χ0n) is 31.7. The van der Waals surface area contributed by atoms with Crippen LogP contribution in [0.2, 0.25) is 0 Å². The lowest BCUT2D eigenvalue weighted by molar-refractivity contribution is 0.303. The van der Waals surface area contributed by atoms with Gasteiger partial charge in [-0.3, -0.25) is 0 Å². The van der Waals surface area contributed by atoms with Crippen molar-refractivity contribution in [3.63, 3.8) is 0 Å². The summed E-state index contributed by atoms with van der Waals surface area (Å²) in [5, 5.41) is 19.0. The van der Waals surface area contributed by atoms with Gasteiger partial charge in [-0.1, -0.05) is 13.3 Å². The molecule has 2 N–H and O–H groups in total. The first-order valence-electron chi connectivity index (χ1n) is 18.3. The predicted octanol–water partition coefficient (Wildman–Crippen LogP) is 8.58. The molecule has 0 aliphatic heterocycles. The molecule has 0 aliphatic carbocycles. The van der Waals surface area contributed by atoms with Crippen molar-refractivity contribution in [3.05, 3.63) is 152 Å². The van der Waals surface area contributed by atoms with E-state index in [1.807, 2.05) is 6.92 Å². The number of rotatable bonds is 18. The molecule has 59 heavy (non-hydrogen) atoms. The lowest BCUT2D eigenvalue weighted by atomic mass is 10.3. The summed E-state index contributed by atoms with van der Waals surface area (Å²) in [6.07, 6.45) is 5.07. The maximum Gasteiger partial charge on any atom is 0.210 e. The van der Waals surface area contributed by atoms with E-state index in [1.54, 1.807) is 18.2 Å². The Balaban J connectivity index is 1.09. The van der Waals surface area contributed by atoms with Crippen LogP contribution in [0.15, 0.2) is 181 Å². The normalized spacial score (nSPS) is 11.9. The summed E-state index contributed by atoms with van der Waals surface area (Å²) in [5.41, 5.74) is 0. The number of unbranched alkanes of at least 4 members (excludes halogenated alkanes) is 1. The fraction of sp³-hybridized carbons (Fsp3) is 0.136. The van der Waals surface area contributed by atoms with Crippen LogP contribution >= 0.6 is 0 Å². The quantitative estimate of drug-likeness (QED) is 0.0622. The van der Waals surface area contributed by atoms with E-state index in [9.17, 15) is 35.5 Å². The minimum absolute atomic E-state index is 0.00405. The molecule has 0 heterocycles. The van der Waals surface area contributed by atoms with Crippen LogP contribution in [-0.2, 0) is 29.5 Å². The Kier molecular flexibility index (Phi) is 13.3. The highest BCUT2D eigenvalue weighted by Gasteiger charge is 2.24. The lowest BCUT2D eigenvalue weighted by Gasteiger charge is -2.14. The third kappa shape index (κ3) is 10.4. The standard InChI is InChI=1S/C44H40O12S3/c1-2-3-28-54-37-16-27-44(43(31-37)55-30-5-4-29-53-34-10-21-40(22-11-34)57(47,48)38-17-6-32(45)7-18-38)59(51,52)42-25-14-36(15-26-42)56-35-12-23-41(24-13-35)58(49,50)39-19-8-33(46)9-20-39/h4-27,31,45-46H,2-3,28-30H2,1H3. The average molecular weight is 857 g/mol. The molecule has 0 fully saturated rings. The topological polar surface area (TPSA) is 180 Å². The molecule has 0 saturated carbocycles. The predicted molar refractivity (Wildman–Crippen MR) is 219 cm³/mol. The first kappa shape index (κ1) is 42.3. The van der Waals surface area contributed by atoms with Crippen LogP contribution in [0.4, 0.5) is 0 Å². The molecule has 0 amide bonds. The van der Waals surface area contributed by atoms with Gasteiger partial charge in [-0.2, -0.15) is 0 Å². The third-order valence-corrected chi connectivity index (χ3v) is 14.1. The zero-order chi connectivity index (χ0) is 42.0. The van der Waals surface area contributed by atoms with Crippen molar-refractivity contribution in [1.29, 1.82) is 0 Å². The Labute approximate surface area is 343 Å². The Hall–Kier alpha value is -6.29. The van der Waals surface area contributed by atoms with Gasteiger partial charge in [-0.05, 0) is 152 Å². The average Bonchev–Trinajstić information content (AvgIpc) is 3.23. The summed E-state index contributed by atoms with van der Waals surface area (Å²) in [5.74, 6) is 1.51. The second-order valence-electron chi connectivity index (χ2n) is 12.9. The maximum atomic E-state index is 13.9. The van der Waals surface area contributed by atoms with Gasteiger partial charge in [0.2, 0.25) is 29.5 Å². The van der Waals surface area contributed by atoms with E-state index in [0.717, 1.165) is 12.8 Å². The Bertz CT molecular complexity index is 2710. The van der Waals surface area contributed by atoms with Crippen LogP contribution in [0.1, 0.15) is 19.8 Å². The van der Waals surface area contributed by atoms with E-state index in [4.69, 9.17) is 18.9 Å². The second kappa shape index (κ2) is 18.5. The lowest BCUT2D eigenvalue weighted by Crippen LogP contribution is -2.07. The number of phenols is 2. The van der Waals surface area contributed by atoms with Crippen LogP contribution < -0.4 is 18.9 Å². The summed E-state index contributed by atoms with van der Waals surface area (Å²) < 4.78 is 103. The first-order valence-corrected chi connectivity index (χ1v) is 22.7. The molecule has 0 saturated heterocycles. The van der Waals surface area contributed by atoms with Crippen molar-refractivity contribution in [2.45, 2.75) is 49.1 Å². The van der Waals surface area contributed by atoms with E-state index in [0.29, 0.717) is 29.6 Å². The van der Waals surface area contributed by atoms with Gasteiger partial charge in [0, 0.05) is 6.07 Å². The number of hydrogen-bond donors (Lipinski definition) is 2. The minimum atomic E-state index is -4.09. The van der Waals surface area contributed by atoms with Crippen molar-refractivity contribution in [1.82, 2.24) is 0 Å². The summed E-state index contributed by atoms with van der Waals surface area (Å²) >= 11 is 0. The highest BCUT2D eigenvalue weighted by molar-refractivity contribution is 7.92. The molecule has 6 aromatic rings. The van der Waals surface area contributed by atoms with Crippen LogP contribution in [0, 0.1) is 0 Å². The minimum Gasteiger partial charge on any atom is -0.508 e. The SMILES string of the molecule is CCCCOc1ccc(S(=O)(=O)c2ccc(Oc3ccc(S(=O)(=O)c4ccc(O)cc4)cc3)cc2)c(OCC=CCOc2ccc(S(=O)(=O)c3ccc(O)cc3)cc2)c1. The molecule has 6 rings (SSSR count). The molecule has 12 nitrogen and oxygen atoms in total. The summed E-state index contributed by atoms with van der Waals surface area (Å²) in [4.78, 5) is 0.0891. The van der Waals surface area contributed by atoms with E-state index < -0.39 is 29.5 Å². The van der Waals surface area contributed by atoms with Gasteiger partial charge < -0.3 is 29.2 Å². The van der Waals surface area contributed by atoms with Crippen LogP contribution in [0.5, 0.6) is 40.2 Å². The highest BCUT2D eigenvalue weighted by atomic mass is 32.2. The van der Waals surface area contributed by atoms with E-state index in [2.05, 4.69) is 0 Å². The molecule has 0 bridgehead atoms. The molecule has 0 aromatic heterocycles. The largest absolute Gasteiger partial charge is 0.508 e. The van der Waals surface area contributed by atoms with Gasteiger partial charge in [-0.15, -0.1) is 0 Å². The zero-order valence-corrected chi connectivity index (χ0v) is 34.1. The van der Waals surface area contributed by atoms with Gasteiger partial charge in [-0.25, -0.2) is 25.3 Å². The number of hydrogen-bond acceptors (Lipinski definition) is 12. The number of aromatic hydroxyl groups is 2. The molecule has 0 atom stereocenters. The molecular formula is C44H40O12S3. The van der Waals surface area contributed by atoms with Crippen molar-refractivity contribution in [2.24, 2.45) is 0 Å². The number of phenolic OH excluding ortho intramolecular Hbond substituents is 2. The number of ether oxygens (including phenoxy) is 4. The third-order valence-electron chi connectivity index (χ3n) is 8.75.